The van der Waals surface area contributed by atoms with Crippen LogP contribution in [0.5, 0.6) is 0 Å². The first-order valence-corrected chi connectivity index (χ1v) is 11.2. The Hall–Kier alpha value is -2.55. The molecule has 7 heteroatoms. The molecule has 2 aromatic rings. The normalized spacial score (nSPS) is 23.0. The molecule has 168 valence electrons. The number of carbonyl (C=O) groups excluding carboxylic acids is 2. The molecule has 1 aliphatic heterocycles. The minimum absolute atomic E-state index is 0.180. The van der Waals surface area contributed by atoms with Crippen molar-refractivity contribution in [2.24, 2.45) is 5.41 Å². The van der Waals surface area contributed by atoms with Crippen LogP contribution in [0.4, 0.5) is 4.79 Å². The lowest BCUT2D eigenvalue weighted by Gasteiger charge is -2.39. The Balaban J connectivity index is 2.29. The summed E-state index contributed by atoms with van der Waals surface area (Å²) >= 11 is 12.5. The zero-order valence-corrected chi connectivity index (χ0v) is 20.2. The van der Waals surface area contributed by atoms with Crippen molar-refractivity contribution in [2.75, 3.05) is 13.6 Å². The number of halogens is 2. The maximum Gasteiger partial charge on any atom is 0.326 e. The lowest BCUT2D eigenvalue weighted by molar-refractivity contribution is -0.115. The fourth-order valence-electron chi connectivity index (χ4n) is 4.68. The first-order chi connectivity index (χ1) is 15.0. The Kier molecular flexibility index (Phi) is 6.88. The van der Waals surface area contributed by atoms with Gasteiger partial charge < -0.3 is 4.90 Å². The summed E-state index contributed by atoms with van der Waals surface area (Å²) < 4.78 is 0. The van der Waals surface area contributed by atoms with E-state index in [1.165, 1.54) is 7.05 Å². The van der Waals surface area contributed by atoms with E-state index in [2.05, 4.69) is 26.8 Å². The van der Waals surface area contributed by atoms with Crippen LogP contribution in [0.1, 0.15) is 44.2 Å². The topological polar surface area (TPSA) is 64.4 Å². The van der Waals surface area contributed by atoms with Crippen LogP contribution in [0.25, 0.3) is 0 Å². The van der Waals surface area contributed by atoms with E-state index in [-0.39, 0.29) is 17.9 Å². The molecule has 0 radical (unpaired) electrons. The van der Waals surface area contributed by atoms with Gasteiger partial charge in [-0.05, 0) is 47.2 Å². The molecule has 0 bridgehead atoms. The molecule has 3 amide bonds. The van der Waals surface area contributed by atoms with Gasteiger partial charge in [-0.15, -0.1) is 0 Å². The van der Waals surface area contributed by atoms with E-state index in [1.807, 2.05) is 30.3 Å². The number of likely N-dealkylation sites (tertiary alicyclic amines) is 1. The van der Waals surface area contributed by atoms with Crippen LogP contribution in [0, 0.1) is 16.7 Å². The van der Waals surface area contributed by atoms with Crippen molar-refractivity contribution >= 4 is 35.6 Å². The maximum atomic E-state index is 13.3. The summed E-state index contributed by atoms with van der Waals surface area (Å²) in [4.78, 5) is 27.4. The van der Waals surface area contributed by atoms with Crippen LogP contribution in [0.15, 0.2) is 48.5 Å². The van der Waals surface area contributed by atoms with E-state index in [0.717, 1.165) is 16.0 Å². The van der Waals surface area contributed by atoms with Crippen molar-refractivity contribution in [1.29, 1.82) is 5.26 Å². The third-order valence-corrected chi connectivity index (χ3v) is 6.59. The highest BCUT2D eigenvalue weighted by Crippen LogP contribution is 2.52. The molecule has 3 rings (SSSR count). The van der Waals surface area contributed by atoms with Gasteiger partial charge in [0.25, 0.3) is 0 Å². The van der Waals surface area contributed by atoms with Crippen LogP contribution in [-0.4, -0.2) is 41.9 Å². The molecular formula is C25H27Cl2N3O2. The lowest BCUT2D eigenvalue weighted by atomic mass is 9.64. The van der Waals surface area contributed by atoms with Gasteiger partial charge in [-0.2, -0.15) is 5.26 Å². The van der Waals surface area contributed by atoms with Gasteiger partial charge in [0.15, 0.2) is 0 Å². The summed E-state index contributed by atoms with van der Waals surface area (Å²) in [6.07, 6.45) is 1.07. The molecule has 0 aromatic heterocycles. The Bertz CT molecular complexity index is 1040. The number of hydrogen-bond acceptors (Lipinski definition) is 3. The molecule has 32 heavy (non-hydrogen) atoms. The third kappa shape index (κ3) is 4.48. The van der Waals surface area contributed by atoms with Crippen LogP contribution in [0.2, 0.25) is 10.0 Å². The Labute approximate surface area is 199 Å². The molecule has 0 spiro atoms. The number of urea groups is 1. The maximum absolute atomic E-state index is 13.3. The fraction of sp³-hybridized carbons (Fsp3) is 0.400. The van der Waals surface area contributed by atoms with Crippen molar-refractivity contribution < 1.29 is 9.59 Å². The predicted molar refractivity (Wildman–Crippen MR) is 127 cm³/mol. The van der Waals surface area contributed by atoms with Gasteiger partial charge in [0.2, 0.25) is 6.41 Å². The van der Waals surface area contributed by atoms with Gasteiger partial charge in [0.05, 0.1) is 12.1 Å². The molecular weight excluding hydrogens is 445 g/mol. The number of benzene rings is 2. The molecule has 0 saturated carbocycles. The van der Waals surface area contributed by atoms with Crippen molar-refractivity contribution in [3.63, 3.8) is 0 Å². The zero-order chi connectivity index (χ0) is 23.7. The summed E-state index contributed by atoms with van der Waals surface area (Å²) in [5.74, 6) is -0.344. The predicted octanol–water partition coefficient (Wildman–Crippen LogP) is 5.87. The number of hydrogen-bond donors (Lipinski definition) is 0. The van der Waals surface area contributed by atoms with Gasteiger partial charge in [0, 0.05) is 29.6 Å². The van der Waals surface area contributed by atoms with E-state index in [0.29, 0.717) is 22.9 Å². The minimum atomic E-state index is -1.05. The summed E-state index contributed by atoms with van der Waals surface area (Å²) in [5, 5.41) is 11.9. The number of imide groups is 1. The smallest absolute Gasteiger partial charge is 0.319 e. The van der Waals surface area contributed by atoms with Crippen molar-refractivity contribution in [1.82, 2.24) is 9.80 Å². The molecule has 5 nitrogen and oxygen atoms in total. The first kappa shape index (κ1) is 24.1. The highest BCUT2D eigenvalue weighted by atomic mass is 35.5. The van der Waals surface area contributed by atoms with Gasteiger partial charge >= 0.3 is 6.03 Å². The van der Waals surface area contributed by atoms with Gasteiger partial charge in [-0.3, -0.25) is 9.69 Å². The standard InChI is InChI=1S/C25H27Cl2N3O2/c1-24(2,3)13-22-25(15-28,18-8-10-19(26)11-9-18)21(17-6-5-7-20(27)12-17)14-30(22)23(32)29(4)16-31/h5-12,16,21-22H,13-14H2,1-4H3/t21-,22+,25-/m1/s1. The second kappa shape index (κ2) is 9.13. The second-order valence-corrected chi connectivity index (χ2v) is 10.4. The molecule has 1 aliphatic rings. The Morgan fingerprint density at radius 2 is 1.88 bits per heavy atom. The van der Waals surface area contributed by atoms with E-state index in [1.54, 1.807) is 23.1 Å². The Morgan fingerprint density at radius 3 is 2.41 bits per heavy atom. The second-order valence-electron chi connectivity index (χ2n) is 9.53. The Morgan fingerprint density at radius 1 is 1.22 bits per heavy atom. The van der Waals surface area contributed by atoms with Gasteiger partial charge in [-0.1, -0.05) is 68.2 Å². The van der Waals surface area contributed by atoms with Crippen molar-refractivity contribution in [3.05, 3.63) is 69.7 Å². The summed E-state index contributed by atoms with van der Waals surface area (Å²) in [7, 11) is 1.44. The number of amides is 3. The van der Waals surface area contributed by atoms with Crippen LogP contribution < -0.4 is 0 Å². The van der Waals surface area contributed by atoms with Crippen LogP contribution >= 0.6 is 23.2 Å². The quantitative estimate of drug-likeness (QED) is 0.523. The van der Waals surface area contributed by atoms with E-state index in [4.69, 9.17) is 23.2 Å². The third-order valence-electron chi connectivity index (χ3n) is 6.10. The molecule has 3 atom stereocenters. The molecule has 0 aliphatic carbocycles. The average Bonchev–Trinajstić information content (AvgIpc) is 3.06. The van der Waals surface area contributed by atoms with Gasteiger partial charge in [0.1, 0.15) is 5.41 Å². The molecule has 1 heterocycles. The first-order valence-electron chi connectivity index (χ1n) is 10.4. The van der Waals surface area contributed by atoms with E-state index < -0.39 is 17.5 Å². The monoisotopic (exact) mass is 471 g/mol. The molecule has 2 aromatic carbocycles. The largest absolute Gasteiger partial charge is 0.326 e. The van der Waals surface area contributed by atoms with E-state index in [9.17, 15) is 14.9 Å². The highest BCUT2D eigenvalue weighted by molar-refractivity contribution is 6.30. The van der Waals surface area contributed by atoms with Crippen molar-refractivity contribution in [3.8, 4) is 6.07 Å². The molecule has 1 fully saturated rings. The number of carbonyl (C=O) groups is 2. The molecule has 0 unspecified atom stereocenters. The van der Waals surface area contributed by atoms with Crippen molar-refractivity contribution in [2.45, 2.75) is 44.6 Å². The van der Waals surface area contributed by atoms with Crippen LogP contribution in [0.3, 0.4) is 0 Å². The van der Waals surface area contributed by atoms with E-state index >= 15 is 0 Å². The number of nitrogens with zero attached hydrogens (tertiary/aromatic N) is 3. The average molecular weight is 472 g/mol. The number of rotatable bonds is 4. The summed E-state index contributed by atoms with van der Waals surface area (Å²) in [6.45, 7) is 6.52. The molecule has 0 N–H and O–H groups in total. The lowest BCUT2D eigenvalue weighted by Crippen LogP contribution is -2.50. The molecule has 1 saturated heterocycles. The fourth-order valence-corrected chi connectivity index (χ4v) is 5.01. The van der Waals surface area contributed by atoms with Gasteiger partial charge in [-0.25, -0.2) is 4.79 Å². The van der Waals surface area contributed by atoms with Crippen LogP contribution in [-0.2, 0) is 10.2 Å². The number of nitriles is 1. The summed E-state index contributed by atoms with van der Waals surface area (Å²) in [6, 6.07) is 16.4. The summed E-state index contributed by atoms with van der Waals surface area (Å²) in [5.41, 5.74) is 0.424. The SMILES string of the molecule is CN(C=O)C(=O)N1C[C@H](c2cccc(Cl)c2)[C@@](C#N)(c2ccc(Cl)cc2)[C@@H]1CC(C)(C)C. The highest BCUT2D eigenvalue weighted by Gasteiger charge is 2.58. The zero-order valence-electron chi connectivity index (χ0n) is 18.7. The minimum Gasteiger partial charge on any atom is -0.319 e.